The normalized spacial score (nSPS) is 13.2. The van der Waals surface area contributed by atoms with Crippen molar-refractivity contribution >= 4 is 6.21 Å². The Morgan fingerprint density at radius 2 is 1.65 bits per heavy atom. The van der Waals surface area contributed by atoms with Crippen LogP contribution >= 0.6 is 0 Å². The summed E-state index contributed by atoms with van der Waals surface area (Å²) in [6.07, 6.45) is 2.83. The molecule has 1 N–H and O–H groups in total. The molecule has 2 nitrogen and oxygen atoms in total. The van der Waals surface area contributed by atoms with Crippen molar-refractivity contribution in [1.82, 2.24) is 0 Å². The third kappa shape index (κ3) is 4.09. The number of rotatable bonds is 3. The van der Waals surface area contributed by atoms with Gasteiger partial charge in [-0.25, -0.2) is 0 Å². The van der Waals surface area contributed by atoms with E-state index in [2.05, 4.69) is 65.6 Å². The highest BCUT2D eigenvalue weighted by atomic mass is 16.3. The molecule has 1 rings (SSSR count). The summed E-state index contributed by atoms with van der Waals surface area (Å²) in [5.41, 5.74) is 3.02. The summed E-state index contributed by atoms with van der Waals surface area (Å²) in [5.74, 6) is 0.366. The van der Waals surface area contributed by atoms with Gasteiger partial charge in [0, 0.05) is 23.9 Å². The monoisotopic (exact) mass is 275 g/mol. The van der Waals surface area contributed by atoms with Crippen LogP contribution in [0.15, 0.2) is 17.1 Å². The van der Waals surface area contributed by atoms with Crippen molar-refractivity contribution in [3.05, 3.63) is 28.8 Å². The lowest BCUT2D eigenvalue weighted by Gasteiger charge is -2.26. The maximum absolute atomic E-state index is 10.5. The number of nitrogens with zero attached hydrogens (tertiary/aromatic N) is 1. The van der Waals surface area contributed by atoms with Gasteiger partial charge in [0.2, 0.25) is 0 Å². The van der Waals surface area contributed by atoms with E-state index in [1.165, 1.54) is 5.56 Å². The summed E-state index contributed by atoms with van der Waals surface area (Å²) in [7, 11) is 0. The van der Waals surface area contributed by atoms with Crippen LogP contribution in [0.5, 0.6) is 5.75 Å². The molecule has 0 aromatic heterocycles. The highest BCUT2D eigenvalue weighted by molar-refractivity contribution is 5.85. The molecule has 0 unspecified atom stereocenters. The van der Waals surface area contributed by atoms with E-state index in [4.69, 9.17) is 0 Å². The summed E-state index contributed by atoms with van der Waals surface area (Å²) in [4.78, 5) is 4.38. The van der Waals surface area contributed by atoms with Crippen LogP contribution in [0.1, 0.15) is 71.6 Å². The second-order valence-corrected chi connectivity index (χ2v) is 7.50. The minimum absolute atomic E-state index is 0.0566. The smallest absolute Gasteiger partial charge is 0.128 e. The summed E-state index contributed by atoms with van der Waals surface area (Å²) in [5, 5.41) is 10.5. The van der Waals surface area contributed by atoms with Gasteiger partial charge < -0.3 is 5.11 Å². The van der Waals surface area contributed by atoms with E-state index in [0.717, 1.165) is 24.1 Å². The molecule has 0 saturated heterocycles. The number of hydrogen-bond donors (Lipinski definition) is 1. The molecular weight excluding hydrogens is 246 g/mol. The van der Waals surface area contributed by atoms with Gasteiger partial charge in [0.05, 0.1) is 0 Å². The average molecular weight is 275 g/mol. The molecule has 20 heavy (non-hydrogen) atoms. The fraction of sp³-hybridized carbons (Fsp3) is 0.611. The zero-order chi connectivity index (χ0) is 15.6. The van der Waals surface area contributed by atoms with Gasteiger partial charge >= 0.3 is 0 Å². The zero-order valence-electron chi connectivity index (χ0n) is 14.0. The molecule has 0 atom stereocenters. The second-order valence-electron chi connectivity index (χ2n) is 7.50. The Kier molecular flexibility index (Phi) is 5.01. The number of hydrogen-bond acceptors (Lipinski definition) is 2. The van der Waals surface area contributed by atoms with Crippen molar-refractivity contribution in [2.75, 3.05) is 6.54 Å². The minimum Gasteiger partial charge on any atom is -0.507 e. The summed E-state index contributed by atoms with van der Waals surface area (Å²) < 4.78 is 0. The molecule has 0 spiro atoms. The third-order valence-corrected chi connectivity index (χ3v) is 3.40. The van der Waals surface area contributed by atoms with Gasteiger partial charge in [-0.3, -0.25) is 4.99 Å². The van der Waals surface area contributed by atoms with Gasteiger partial charge in [0.1, 0.15) is 5.75 Å². The van der Waals surface area contributed by atoms with Crippen LogP contribution < -0.4 is 0 Å². The first-order valence-corrected chi connectivity index (χ1v) is 7.45. The van der Waals surface area contributed by atoms with E-state index in [0.29, 0.717) is 5.75 Å². The molecule has 0 bridgehead atoms. The molecule has 0 fully saturated rings. The predicted molar refractivity (Wildman–Crippen MR) is 88.3 cm³/mol. The van der Waals surface area contributed by atoms with Crippen molar-refractivity contribution in [1.29, 1.82) is 0 Å². The number of aromatic hydroxyl groups is 1. The van der Waals surface area contributed by atoms with Crippen molar-refractivity contribution in [3.63, 3.8) is 0 Å². The Balaban J connectivity index is 3.43. The van der Waals surface area contributed by atoms with E-state index >= 15 is 0 Å². The first kappa shape index (κ1) is 16.7. The van der Waals surface area contributed by atoms with Gasteiger partial charge in [-0.2, -0.15) is 0 Å². The molecule has 0 amide bonds. The van der Waals surface area contributed by atoms with Crippen LogP contribution in [-0.4, -0.2) is 17.9 Å². The van der Waals surface area contributed by atoms with Crippen molar-refractivity contribution in [3.8, 4) is 5.75 Å². The van der Waals surface area contributed by atoms with Crippen molar-refractivity contribution < 1.29 is 5.11 Å². The molecular formula is C18H29NO. The number of aliphatic imine (C=N–C) groups is 1. The van der Waals surface area contributed by atoms with E-state index in [1.807, 2.05) is 6.21 Å². The molecule has 0 aliphatic rings. The second kappa shape index (κ2) is 5.99. The summed E-state index contributed by atoms with van der Waals surface area (Å²) in [6.45, 7) is 15.9. The van der Waals surface area contributed by atoms with Crippen molar-refractivity contribution in [2.45, 2.75) is 65.7 Å². The molecule has 0 radical (unpaired) electrons. The number of phenolic OH excluding ortho intramolecular Hbond substituents is 1. The lowest BCUT2D eigenvalue weighted by Crippen LogP contribution is -2.17. The molecule has 0 aliphatic carbocycles. The van der Waals surface area contributed by atoms with Crippen LogP contribution in [0.2, 0.25) is 0 Å². The van der Waals surface area contributed by atoms with Crippen LogP contribution in [0.4, 0.5) is 0 Å². The molecule has 1 aromatic rings. The first-order chi connectivity index (χ1) is 9.07. The highest BCUT2D eigenvalue weighted by Crippen LogP contribution is 2.37. The Bertz CT molecular complexity index is 487. The van der Waals surface area contributed by atoms with E-state index in [1.54, 1.807) is 0 Å². The summed E-state index contributed by atoms with van der Waals surface area (Å²) in [6, 6.07) is 4.19. The predicted octanol–water partition coefficient (Wildman–Crippen LogP) is 4.82. The van der Waals surface area contributed by atoms with Crippen LogP contribution in [0, 0.1) is 0 Å². The molecule has 1 aromatic carbocycles. The van der Waals surface area contributed by atoms with Gasteiger partial charge in [-0.05, 0) is 28.9 Å². The molecule has 0 heterocycles. The number of phenols is 1. The molecule has 2 heteroatoms. The quantitative estimate of drug-likeness (QED) is 0.788. The van der Waals surface area contributed by atoms with Crippen LogP contribution in [0.3, 0.4) is 0 Å². The Labute approximate surface area is 124 Å². The Morgan fingerprint density at radius 3 is 2.10 bits per heavy atom. The van der Waals surface area contributed by atoms with E-state index < -0.39 is 0 Å². The van der Waals surface area contributed by atoms with Gasteiger partial charge in [-0.1, -0.05) is 54.5 Å². The largest absolute Gasteiger partial charge is 0.507 e. The van der Waals surface area contributed by atoms with E-state index in [9.17, 15) is 5.11 Å². The first-order valence-electron chi connectivity index (χ1n) is 7.45. The standard InChI is InChI=1S/C18H29NO/c1-8-9-19-12-13-10-14(17(2,3)4)11-15(16(13)20)18(5,6)7/h10-12,20H,8-9H2,1-7H3. The molecule has 0 saturated carbocycles. The van der Waals surface area contributed by atoms with Crippen LogP contribution in [-0.2, 0) is 10.8 Å². The number of benzene rings is 1. The topological polar surface area (TPSA) is 32.6 Å². The lowest BCUT2D eigenvalue weighted by molar-refractivity contribution is 0.444. The van der Waals surface area contributed by atoms with Gasteiger partial charge in [0.25, 0.3) is 0 Å². The van der Waals surface area contributed by atoms with Gasteiger partial charge in [-0.15, -0.1) is 0 Å². The SMILES string of the molecule is CCCN=Cc1cc(C(C)(C)C)cc(C(C)(C)C)c1O. The van der Waals surface area contributed by atoms with Crippen molar-refractivity contribution in [2.24, 2.45) is 4.99 Å². The fourth-order valence-electron chi connectivity index (χ4n) is 2.05. The average Bonchev–Trinajstić information content (AvgIpc) is 2.28. The highest BCUT2D eigenvalue weighted by Gasteiger charge is 2.24. The maximum Gasteiger partial charge on any atom is 0.128 e. The molecule has 112 valence electrons. The third-order valence-electron chi connectivity index (χ3n) is 3.40. The van der Waals surface area contributed by atoms with E-state index in [-0.39, 0.29) is 10.8 Å². The fourth-order valence-corrected chi connectivity index (χ4v) is 2.05. The Hall–Kier alpha value is -1.31. The van der Waals surface area contributed by atoms with Gasteiger partial charge in [0.15, 0.2) is 0 Å². The molecule has 0 aliphatic heterocycles. The Morgan fingerprint density at radius 1 is 1.05 bits per heavy atom. The van der Waals surface area contributed by atoms with Crippen LogP contribution in [0.25, 0.3) is 0 Å². The zero-order valence-corrected chi connectivity index (χ0v) is 14.0. The summed E-state index contributed by atoms with van der Waals surface area (Å²) >= 11 is 0. The maximum atomic E-state index is 10.5. The lowest BCUT2D eigenvalue weighted by atomic mass is 9.79. The minimum atomic E-state index is -0.0846.